The second-order valence-electron chi connectivity index (χ2n) is 3.89. The van der Waals surface area contributed by atoms with Gasteiger partial charge in [0.2, 0.25) is 0 Å². The number of carboxylic acid groups (broad SMARTS) is 1. The van der Waals surface area contributed by atoms with Crippen LogP contribution in [0.3, 0.4) is 0 Å². The van der Waals surface area contributed by atoms with Crippen LogP contribution in [-0.2, 0) is 10.0 Å². The van der Waals surface area contributed by atoms with Gasteiger partial charge in [0, 0.05) is 0 Å². The molecule has 0 unspecified atom stereocenters. The summed E-state index contributed by atoms with van der Waals surface area (Å²) in [6.07, 6.45) is 0. The molecule has 6 nitrogen and oxygen atoms in total. The Labute approximate surface area is 127 Å². The van der Waals surface area contributed by atoms with Crippen molar-refractivity contribution in [2.24, 2.45) is 0 Å². The number of nitrogens with zero attached hydrogens (tertiary/aromatic N) is 1. The minimum atomic E-state index is -4.06. The van der Waals surface area contributed by atoms with Gasteiger partial charge in [0.15, 0.2) is 5.69 Å². The van der Waals surface area contributed by atoms with E-state index in [4.69, 9.17) is 5.11 Å². The van der Waals surface area contributed by atoms with Gasteiger partial charge in [0.25, 0.3) is 10.0 Å². The number of carbonyl (C=O) groups is 1. The second-order valence-corrected chi connectivity index (χ2v) is 6.43. The van der Waals surface area contributed by atoms with E-state index in [1.54, 1.807) is 0 Å². The molecule has 0 saturated heterocycles. The van der Waals surface area contributed by atoms with Crippen LogP contribution in [-0.4, -0.2) is 24.5 Å². The number of hydrogen-bond donors (Lipinski definition) is 2. The first-order chi connectivity index (χ1) is 9.79. The number of sulfonamides is 1. The zero-order chi connectivity index (χ0) is 15.6. The highest BCUT2D eigenvalue weighted by Gasteiger charge is 2.17. The van der Waals surface area contributed by atoms with Crippen LogP contribution >= 0.6 is 15.9 Å². The zero-order valence-electron chi connectivity index (χ0n) is 10.2. The number of aromatic nitrogens is 1. The van der Waals surface area contributed by atoms with Crippen molar-refractivity contribution < 1.29 is 22.7 Å². The molecule has 0 fully saturated rings. The number of hydrogen-bond acceptors (Lipinski definition) is 4. The van der Waals surface area contributed by atoms with Crippen LogP contribution in [0.2, 0.25) is 0 Å². The smallest absolute Gasteiger partial charge is 0.354 e. The van der Waals surface area contributed by atoms with Crippen molar-refractivity contribution in [3.63, 3.8) is 0 Å². The Balaban J connectivity index is 2.35. The van der Waals surface area contributed by atoms with E-state index >= 15 is 0 Å². The number of halogens is 2. The van der Waals surface area contributed by atoms with Gasteiger partial charge in [0.05, 0.1) is 9.37 Å². The van der Waals surface area contributed by atoms with Crippen molar-refractivity contribution in [2.75, 3.05) is 4.72 Å². The largest absolute Gasteiger partial charge is 0.477 e. The van der Waals surface area contributed by atoms with Gasteiger partial charge in [-0.15, -0.1) is 0 Å². The first-order valence-electron chi connectivity index (χ1n) is 5.48. The molecule has 1 aromatic carbocycles. The molecule has 1 aromatic heterocycles. The summed E-state index contributed by atoms with van der Waals surface area (Å²) in [7, 11) is -4.06. The average Bonchev–Trinajstić information content (AvgIpc) is 2.41. The van der Waals surface area contributed by atoms with Crippen LogP contribution in [0.5, 0.6) is 0 Å². The molecule has 21 heavy (non-hydrogen) atoms. The van der Waals surface area contributed by atoms with Crippen molar-refractivity contribution in [3.05, 3.63) is 52.4 Å². The molecule has 1 heterocycles. The van der Waals surface area contributed by atoms with Crippen molar-refractivity contribution >= 4 is 37.7 Å². The summed E-state index contributed by atoms with van der Waals surface area (Å²) >= 11 is 2.92. The molecule has 0 aliphatic carbocycles. The van der Waals surface area contributed by atoms with E-state index in [0.29, 0.717) is 0 Å². The fraction of sp³-hybridized carbons (Fsp3) is 0. The Bertz CT molecular complexity index is 811. The summed E-state index contributed by atoms with van der Waals surface area (Å²) in [6.45, 7) is 0. The summed E-state index contributed by atoms with van der Waals surface area (Å²) < 4.78 is 39.7. The van der Waals surface area contributed by atoms with Crippen LogP contribution in [0.1, 0.15) is 10.5 Å². The number of benzene rings is 1. The van der Waals surface area contributed by atoms with E-state index in [2.05, 4.69) is 25.6 Å². The zero-order valence-corrected chi connectivity index (χ0v) is 12.6. The maximum atomic E-state index is 13.4. The van der Waals surface area contributed by atoms with Gasteiger partial charge >= 0.3 is 5.97 Å². The minimum Gasteiger partial charge on any atom is -0.477 e. The molecule has 2 N–H and O–H groups in total. The van der Waals surface area contributed by atoms with Crippen LogP contribution in [0, 0.1) is 5.82 Å². The number of carboxylic acids is 1. The van der Waals surface area contributed by atoms with Gasteiger partial charge < -0.3 is 5.11 Å². The quantitative estimate of drug-likeness (QED) is 0.856. The summed E-state index contributed by atoms with van der Waals surface area (Å²) in [5.41, 5.74) is -0.308. The number of rotatable bonds is 4. The topological polar surface area (TPSA) is 96.4 Å². The Morgan fingerprint density at radius 1 is 1.29 bits per heavy atom. The summed E-state index contributed by atoms with van der Waals surface area (Å²) in [6, 6.07) is 7.16. The van der Waals surface area contributed by atoms with Gasteiger partial charge in [-0.1, -0.05) is 6.07 Å². The maximum absolute atomic E-state index is 13.4. The Morgan fingerprint density at radius 2 is 2.00 bits per heavy atom. The highest BCUT2D eigenvalue weighted by atomic mass is 79.9. The predicted octanol–water partition coefficient (Wildman–Crippen LogP) is 2.48. The third-order valence-electron chi connectivity index (χ3n) is 2.41. The molecule has 2 rings (SSSR count). The van der Waals surface area contributed by atoms with Gasteiger partial charge in [-0.25, -0.2) is 22.6 Å². The van der Waals surface area contributed by atoms with Crippen molar-refractivity contribution in [1.29, 1.82) is 0 Å². The average molecular weight is 375 g/mol. The molecular formula is C12H8BrFN2O4S. The standard InChI is InChI=1S/C12H8BrFN2O4S/c13-8-5-4-7(6-9(8)14)21(19,20)16-11-3-1-2-10(15-11)12(17)18/h1-6H,(H,15,16)(H,17,18). The summed E-state index contributed by atoms with van der Waals surface area (Å²) in [4.78, 5) is 14.1. The fourth-order valence-corrected chi connectivity index (χ4v) is 2.71. The molecule has 0 spiro atoms. The molecule has 0 bridgehead atoms. The molecule has 0 aliphatic heterocycles. The molecule has 0 atom stereocenters. The van der Waals surface area contributed by atoms with E-state index in [1.807, 2.05) is 0 Å². The Kier molecular flexibility index (Phi) is 4.24. The van der Waals surface area contributed by atoms with E-state index in [0.717, 1.165) is 6.07 Å². The monoisotopic (exact) mass is 374 g/mol. The molecule has 0 amide bonds. The fourth-order valence-electron chi connectivity index (χ4n) is 1.45. The third kappa shape index (κ3) is 3.56. The molecule has 0 saturated carbocycles. The van der Waals surface area contributed by atoms with Crippen molar-refractivity contribution in [3.8, 4) is 0 Å². The number of anilines is 1. The lowest BCUT2D eigenvalue weighted by Crippen LogP contribution is -2.15. The molecule has 0 aliphatic rings. The first kappa shape index (κ1) is 15.4. The predicted molar refractivity (Wildman–Crippen MR) is 76.1 cm³/mol. The molecule has 0 radical (unpaired) electrons. The van der Waals surface area contributed by atoms with Gasteiger partial charge in [-0.05, 0) is 46.3 Å². The second kappa shape index (κ2) is 5.78. The van der Waals surface area contributed by atoms with Crippen LogP contribution in [0.4, 0.5) is 10.2 Å². The number of nitrogens with one attached hydrogen (secondary N) is 1. The van der Waals surface area contributed by atoms with Crippen LogP contribution < -0.4 is 4.72 Å². The van der Waals surface area contributed by atoms with Gasteiger partial charge in [-0.2, -0.15) is 0 Å². The van der Waals surface area contributed by atoms with E-state index in [9.17, 15) is 17.6 Å². The van der Waals surface area contributed by atoms with Crippen molar-refractivity contribution in [2.45, 2.75) is 4.90 Å². The highest BCUT2D eigenvalue weighted by molar-refractivity contribution is 9.10. The lowest BCUT2D eigenvalue weighted by Gasteiger charge is -2.08. The lowest BCUT2D eigenvalue weighted by molar-refractivity contribution is 0.0690. The Morgan fingerprint density at radius 3 is 2.62 bits per heavy atom. The molecule has 2 aromatic rings. The van der Waals surface area contributed by atoms with E-state index in [1.165, 1.54) is 30.3 Å². The van der Waals surface area contributed by atoms with Gasteiger partial charge in [-0.3, -0.25) is 4.72 Å². The molecule has 110 valence electrons. The molecule has 9 heteroatoms. The number of pyridine rings is 1. The van der Waals surface area contributed by atoms with Gasteiger partial charge in [0.1, 0.15) is 11.6 Å². The first-order valence-corrected chi connectivity index (χ1v) is 7.75. The summed E-state index contributed by atoms with van der Waals surface area (Å²) in [5.74, 6) is -2.19. The minimum absolute atomic E-state index is 0.132. The normalized spacial score (nSPS) is 11.1. The molecular weight excluding hydrogens is 367 g/mol. The number of aromatic carboxylic acids is 1. The van der Waals surface area contributed by atoms with E-state index < -0.39 is 21.8 Å². The van der Waals surface area contributed by atoms with Crippen LogP contribution in [0.25, 0.3) is 0 Å². The lowest BCUT2D eigenvalue weighted by atomic mass is 10.3. The van der Waals surface area contributed by atoms with E-state index in [-0.39, 0.29) is 20.9 Å². The Hall–Kier alpha value is -2.00. The highest BCUT2D eigenvalue weighted by Crippen LogP contribution is 2.21. The SMILES string of the molecule is O=C(O)c1cccc(NS(=O)(=O)c2ccc(Br)c(F)c2)n1. The third-order valence-corrected chi connectivity index (χ3v) is 4.40. The van der Waals surface area contributed by atoms with Crippen molar-refractivity contribution in [1.82, 2.24) is 4.98 Å². The maximum Gasteiger partial charge on any atom is 0.354 e. The summed E-state index contributed by atoms with van der Waals surface area (Å²) in [5, 5.41) is 8.80. The van der Waals surface area contributed by atoms with Crippen LogP contribution in [0.15, 0.2) is 45.8 Å².